The molecule has 6 nitrogen and oxygen atoms in total. The van der Waals surface area contributed by atoms with Crippen molar-refractivity contribution in [1.82, 2.24) is 19.8 Å². The monoisotopic (exact) mass is 360 g/mol. The average molecular weight is 361 g/mol. The zero-order valence-corrected chi connectivity index (χ0v) is 16.3. The van der Waals surface area contributed by atoms with Crippen molar-refractivity contribution in [3.05, 3.63) is 28.4 Å². The van der Waals surface area contributed by atoms with Gasteiger partial charge in [-0.1, -0.05) is 20.8 Å². The summed E-state index contributed by atoms with van der Waals surface area (Å²) in [6, 6.07) is 1.71. The van der Waals surface area contributed by atoms with E-state index in [2.05, 4.69) is 36.0 Å². The van der Waals surface area contributed by atoms with Gasteiger partial charge in [-0.15, -0.1) is 0 Å². The Kier molecular flexibility index (Phi) is 5.80. The molecule has 1 unspecified atom stereocenters. The molecule has 0 aromatic carbocycles. The zero-order chi connectivity index (χ0) is 18.7. The van der Waals surface area contributed by atoms with Crippen LogP contribution in [0.1, 0.15) is 58.6 Å². The van der Waals surface area contributed by atoms with E-state index >= 15 is 0 Å². The highest BCUT2D eigenvalue weighted by Crippen LogP contribution is 2.23. The molecule has 1 aromatic rings. The van der Waals surface area contributed by atoms with Crippen LogP contribution >= 0.6 is 0 Å². The molecule has 0 spiro atoms. The van der Waals surface area contributed by atoms with Crippen LogP contribution in [0.4, 0.5) is 0 Å². The normalized spacial score (nSPS) is 23.5. The molecule has 1 aromatic heterocycles. The Balaban J connectivity index is 1.57. The number of nitrogens with one attached hydrogen (secondary N) is 1. The topological polar surface area (TPSA) is 67.2 Å². The number of carbonyl (C=O) groups is 1. The van der Waals surface area contributed by atoms with Crippen LogP contribution < -0.4 is 10.9 Å². The molecule has 1 amide bonds. The number of rotatable bonds is 3. The van der Waals surface area contributed by atoms with Crippen molar-refractivity contribution in [3.8, 4) is 0 Å². The van der Waals surface area contributed by atoms with E-state index < -0.39 is 0 Å². The molecule has 1 N–H and O–H groups in total. The number of hydrogen-bond acceptors (Lipinski definition) is 4. The minimum Gasteiger partial charge on any atom is -0.355 e. The summed E-state index contributed by atoms with van der Waals surface area (Å²) in [6.45, 7) is 9.61. The summed E-state index contributed by atoms with van der Waals surface area (Å²) in [5.41, 5.74) is 0.770. The highest BCUT2D eigenvalue weighted by molar-refractivity contribution is 5.81. The lowest BCUT2D eigenvalue weighted by Crippen LogP contribution is -2.49. The van der Waals surface area contributed by atoms with Crippen molar-refractivity contribution in [2.75, 3.05) is 19.6 Å². The molecule has 0 bridgehead atoms. The van der Waals surface area contributed by atoms with E-state index in [1.807, 2.05) is 0 Å². The number of amides is 1. The van der Waals surface area contributed by atoms with Crippen LogP contribution in [-0.4, -0.2) is 46.0 Å². The van der Waals surface area contributed by atoms with Crippen LogP contribution in [0.2, 0.25) is 0 Å². The first kappa shape index (κ1) is 19.1. The molecule has 26 heavy (non-hydrogen) atoms. The van der Waals surface area contributed by atoms with Gasteiger partial charge >= 0.3 is 0 Å². The molecule has 0 aliphatic carbocycles. The molecule has 2 saturated heterocycles. The van der Waals surface area contributed by atoms with Crippen molar-refractivity contribution < 1.29 is 4.79 Å². The van der Waals surface area contributed by atoms with Gasteiger partial charge in [-0.3, -0.25) is 19.1 Å². The summed E-state index contributed by atoms with van der Waals surface area (Å²) in [4.78, 5) is 31.5. The van der Waals surface area contributed by atoms with E-state index in [1.165, 1.54) is 0 Å². The molecular weight excluding hydrogens is 328 g/mol. The summed E-state index contributed by atoms with van der Waals surface area (Å²) in [5.74, 6) is 0.666. The summed E-state index contributed by atoms with van der Waals surface area (Å²) in [7, 11) is 0. The van der Waals surface area contributed by atoms with Gasteiger partial charge in [0.2, 0.25) is 5.91 Å². The Bertz CT molecular complexity index is 684. The maximum absolute atomic E-state index is 12.4. The second kappa shape index (κ2) is 7.91. The molecule has 2 aliphatic rings. The highest BCUT2D eigenvalue weighted by atomic mass is 16.2. The Labute approximate surface area is 156 Å². The van der Waals surface area contributed by atoms with E-state index in [0.29, 0.717) is 5.92 Å². The molecule has 1 atom stereocenters. The molecule has 6 heteroatoms. The summed E-state index contributed by atoms with van der Waals surface area (Å²) < 4.78 is 1.74. The first-order valence-corrected chi connectivity index (χ1v) is 9.93. The minimum absolute atomic E-state index is 0.0360. The Morgan fingerprint density at radius 3 is 2.54 bits per heavy atom. The number of hydrogen-bond donors (Lipinski definition) is 1. The van der Waals surface area contributed by atoms with Gasteiger partial charge in [-0.2, -0.15) is 0 Å². The van der Waals surface area contributed by atoms with Crippen molar-refractivity contribution in [3.63, 3.8) is 0 Å². The average Bonchev–Trinajstić information content (AvgIpc) is 2.81. The first-order valence-electron chi connectivity index (χ1n) is 9.93. The number of carbonyl (C=O) groups excluding carboxylic acids is 1. The van der Waals surface area contributed by atoms with Gasteiger partial charge in [0.1, 0.15) is 0 Å². The van der Waals surface area contributed by atoms with E-state index in [9.17, 15) is 9.59 Å². The second-order valence-electron chi connectivity index (χ2n) is 8.80. The zero-order valence-electron chi connectivity index (χ0n) is 16.3. The van der Waals surface area contributed by atoms with E-state index in [4.69, 9.17) is 0 Å². The fourth-order valence-corrected chi connectivity index (χ4v) is 3.97. The third-order valence-corrected chi connectivity index (χ3v) is 5.70. The van der Waals surface area contributed by atoms with Crippen LogP contribution in [0.15, 0.2) is 17.2 Å². The van der Waals surface area contributed by atoms with Gasteiger partial charge in [0, 0.05) is 24.6 Å². The summed E-state index contributed by atoms with van der Waals surface area (Å²) >= 11 is 0. The number of piperidine rings is 1. The number of nitrogens with zero attached hydrogens (tertiary/aromatic N) is 3. The van der Waals surface area contributed by atoms with Crippen molar-refractivity contribution >= 4 is 5.91 Å². The number of aromatic nitrogens is 2. The molecule has 3 heterocycles. The highest BCUT2D eigenvalue weighted by Gasteiger charge is 2.30. The molecule has 2 aliphatic heterocycles. The predicted octanol–water partition coefficient (Wildman–Crippen LogP) is 1.92. The van der Waals surface area contributed by atoms with E-state index in [0.717, 1.165) is 64.0 Å². The molecule has 3 rings (SSSR count). The van der Waals surface area contributed by atoms with Gasteiger partial charge in [0.05, 0.1) is 18.1 Å². The van der Waals surface area contributed by atoms with Crippen molar-refractivity contribution in [2.24, 2.45) is 5.92 Å². The van der Waals surface area contributed by atoms with E-state index in [-0.39, 0.29) is 22.9 Å². The SMILES string of the molecule is CC(C)(C)c1cc(=O)n(CC2CCN(C3CCCCNC3=O)CC2)cn1. The molecule has 144 valence electrons. The van der Waals surface area contributed by atoms with Gasteiger partial charge in [-0.25, -0.2) is 4.98 Å². The van der Waals surface area contributed by atoms with Crippen molar-refractivity contribution in [1.29, 1.82) is 0 Å². The smallest absolute Gasteiger partial charge is 0.253 e. The molecular formula is C20H32N4O2. The fraction of sp³-hybridized carbons (Fsp3) is 0.750. The van der Waals surface area contributed by atoms with Crippen LogP contribution in [0.25, 0.3) is 0 Å². The summed E-state index contributed by atoms with van der Waals surface area (Å²) in [5, 5.41) is 3.03. The number of likely N-dealkylation sites (tertiary alicyclic amines) is 1. The lowest BCUT2D eigenvalue weighted by atomic mass is 9.92. The van der Waals surface area contributed by atoms with Gasteiger partial charge in [-0.05, 0) is 51.1 Å². The minimum atomic E-state index is -0.108. The maximum Gasteiger partial charge on any atom is 0.253 e. The first-order chi connectivity index (χ1) is 12.3. The Morgan fingerprint density at radius 2 is 1.88 bits per heavy atom. The van der Waals surface area contributed by atoms with Gasteiger partial charge in [0.15, 0.2) is 0 Å². The third-order valence-electron chi connectivity index (χ3n) is 5.70. The molecule has 2 fully saturated rings. The standard InChI is InChI=1S/C20H32N4O2/c1-20(2,3)17-12-18(25)24(14-22-17)13-15-7-10-23(11-8-15)16-6-4-5-9-21-19(16)26/h12,14-16H,4-11,13H2,1-3H3,(H,21,26). The molecule has 0 saturated carbocycles. The second-order valence-corrected chi connectivity index (χ2v) is 8.80. The summed E-state index contributed by atoms with van der Waals surface area (Å²) in [6.07, 6.45) is 6.92. The quantitative estimate of drug-likeness (QED) is 0.894. The third kappa shape index (κ3) is 4.53. The maximum atomic E-state index is 12.4. The van der Waals surface area contributed by atoms with Crippen molar-refractivity contribution in [2.45, 2.75) is 70.9 Å². The van der Waals surface area contributed by atoms with Gasteiger partial charge in [0.25, 0.3) is 5.56 Å². The lowest BCUT2D eigenvalue weighted by Gasteiger charge is -2.36. The van der Waals surface area contributed by atoms with E-state index in [1.54, 1.807) is 17.0 Å². The van der Waals surface area contributed by atoms with Crippen LogP contribution in [0.5, 0.6) is 0 Å². The Hall–Kier alpha value is -1.69. The van der Waals surface area contributed by atoms with Crippen LogP contribution in [0.3, 0.4) is 0 Å². The predicted molar refractivity (Wildman–Crippen MR) is 102 cm³/mol. The van der Waals surface area contributed by atoms with Crippen LogP contribution in [0, 0.1) is 5.92 Å². The largest absolute Gasteiger partial charge is 0.355 e. The Morgan fingerprint density at radius 1 is 1.15 bits per heavy atom. The fourth-order valence-electron chi connectivity index (χ4n) is 3.97. The molecule has 0 radical (unpaired) electrons. The van der Waals surface area contributed by atoms with Gasteiger partial charge < -0.3 is 5.32 Å². The van der Waals surface area contributed by atoms with Crippen LogP contribution in [-0.2, 0) is 16.8 Å². The lowest BCUT2D eigenvalue weighted by molar-refractivity contribution is -0.126.